The Balaban J connectivity index is 0.00000364. The number of nitrogens with one attached hydrogen (secondary N) is 2. The first-order valence-electron chi connectivity index (χ1n) is 9.51. The summed E-state index contributed by atoms with van der Waals surface area (Å²) in [5.41, 5.74) is 3.26. The SMILES string of the molecule is CCNC(=NCc1c(CC)noc1CC)NCCc1csc(C(C)C)n1.I. The first-order valence-corrected chi connectivity index (χ1v) is 10.4. The molecule has 0 fully saturated rings. The summed E-state index contributed by atoms with van der Waals surface area (Å²) in [6.07, 6.45) is 2.59. The number of halogens is 1. The number of aliphatic imine (C=N–C) groups is 1. The highest BCUT2D eigenvalue weighted by Gasteiger charge is 2.13. The van der Waals surface area contributed by atoms with E-state index in [1.165, 1.54) is 5.01 Å². The van der Waals surface area contributed by atoms with Crippen molar-refractivity contribution >= 4 is 41.3 Å². The van der Waals surface area contributed by atoms with Crippen molar-refractivity contribution in [3.05, 3.63) is 33.1 Å². The molecule has 0 spiro atoms. The molecule has 0 aliphatic carbocycles. The van der Waals surface area contributed by atoms with Gasteiger partial charge >= 0.3 is 0 Å². The summed E-state index contributed by atoms with van der Waals surface area (Å²) in [7, 11) is 0. The number of aromatic nitrogens is 2. The molecule has 0 bridgehead atoms. The van der Waals surface area contributed by atoms with Crippen LogP contribution in [-0.4, -0.2) is 29.2 Å². The van der Waals surface area contributed by atoms with Crippen molar-refractivity contribution in [2.45, 2.75) is 66.3 Å². The van der Waals surface area contributed by atoms with Crippen LogP contribution < -0.4 is 10.6 Å². The molecule has 0 atom stereocenters. The molecule has 152 valence electrons. The average molecular weight is 505 g/mol. The maximum atomic E-state index is 5.42. The third-order valence-electron chi connectivity index (χ3n) is 4.08. The first kappa shape index (κ1) is 23.9. The van der Waals surface area contributed by atoms with Gasteiger partial charge in [0.25, 0.3) is 0 Å². The van der Waals surface area contributed by atoms with E-state index in [-0.39, 0.29) is 24.0 Å². The second kappa shape index (κ2) is 12.3. The highest BCUT2D eigenvalue weighted by molar-refractivity contribution is 14.0. The van der Waals surface area contributed by atoms with E-state index in [9.17, 15) is 0 Å². The summed E-state index contributed by atoms with van der Waals surface area (Å²) in [6, 6.07) is 0. The van der Waals surface area contributed by atoms with Crippen LogP contribution >= 0.6 is 35.3 Å². The highest BCUT2D eigenvalue weighted by Crippen LogP contribution is 2.19. The van der Waals surface area contributed by atoms with Gasteiger partial charge in [-0.25, -0.2) is 9.98 Å². The van der Waals surface area contributed by atoms with Crippen LogP contribution in [0.4, 0.5) is 0 Å². The lowest BCUT2D eigenvalue weighted by atomic mass is 10.1. The fourth-order valence-electron chi connectivity index (χ4n) is 2.63. The molecule has 0 saturated heterocycles. The minimum absolute atomic E-state index is 0. The van der Waals surface area contributed by atoms with Crippen LogP contribution in [0.5, 0.6) is 0 Å². The van der Waals surface area contributed by atoms with Gasteiger partial charge in [0.15, 0.2) is 5.96 Å². The van der Waals surface area contributed by atoms with E-state index in [1.54, 1.807) is 11.3 Å². The monoisotopic (exact) mass is 505 g/mol. The summed E-state index contributed by atoms with van der Waals surface area (Å²) in [5.74, 6) is 2.24. The molecular formula is C19H32IN5OS. The predicted octanol–water partition coefficient (Wildman–Crippen LogP) is 4.30. The zero-order chi connectivity index (χ0) is 18.9. The van der Waals surface area contributed by atoms with Gasteiger partial charge in [-0.2, -0.15) is 0 Å². The Morgan fingerprint density at radius 1 is 1.22 bits per heavy atom. The van der Waals surface area contributed by atoms with E-state index in [1.807, 2.05) is 0 Å². The van der Waals surface area contributed by atoms with Gasteiger partial charge in [-0.3, -0.25) is 0 Å². The topological polar surface area (TPSA) is 75.3 Å². The van der Waals surface area contributed by atoms with Crippen LogP contribution in [0.3, 0.4) is 0 Å². The zero-order valence-corrected chi connectivity index (χ0v) is 20.1. The van der Waals surface area contributed by atoms with Gasteiger partial charge in [-0.05, 0) is 13.3 Å². The smallest absolute Gasteiger partial charge is 0.191 e. The predicted molar refractivity (Wildman–Crippen MR) is 123 cm³/mol. The summed E-state index contributed by atoms with van der Waals surface area (Å²) < 4.78 is 5.42. The largest absolute Gasteiger partial charge is 0.361 e. The van der Waals surface area contributed by atoms with Crippen LogP contribution in [0.2, 0.25) is 0 Å². The van der Waals surface area contributed by atoms with Crippen molar-refractivity contribution < 1.29 is 4.52 Å². The molecule has 0 aromatic carbocycles. The summed E-state index contributed by atoms with van der Waals surface area (Å²) in [5, 5.41) is 14.2. The number of aryl methyl sites for hydroxylation is 2. The Hall–Kier alpha value is -1.16. The maximum Gasteiger partial charge on any atom is 0.191 e. The maximum absolute atomic E-state index is 5.42. The van der Waals surface area contributed by atoms with E-state index in [0.29, 0.717) is 12.5 Å². The van der Waals surface area contributed by atoms with Gasteiger partial charge in [0.05, 0.1) is 22.9 Å². The van der Waals surface area contributed by atoms with E-state index in [2.05, 4.69) is 60.8 Å². The molecule has 0 radical (unpaired) electrons. The lowest BCUT2D eigenvalue weighted by Gasteiger charge is -2.11. The van der Waals surface area contributed by atoms with Crippen molar-refractivity contribution in [3.63, 3.8) is 0 Å². The molecule has 0 saturated carbocycles. The number of hydrogen-bond acceptors (Lipinski definition) is 5. The van der Waals surface area contributed by atoms with Crippen molar-refractivity contribution in [2.75, 3.05) is 13.1 Å². The number of thiazole rings is 1. The van der Waals surface area contributed by atoms with Crippen molar-refractivity contribution in [1.29, 1.82) is 0 Å². The fraction of sp³-hybridized carbons (Fsp3) is 0.632. The summed E-state index contributed by atoms with van der Waals surface area (Å²) >= 11 is 1.74. The minimum atomic E-state index is 0. The van der Waals surface area contributed by atoms with Gasteiger partial charge in [-0.15, -0.1) is 35.3 Å². The van der Waals surface area contributed by atoms with Gasteiger partial charge in [0.1, 0.15) is 5.76 Å². The molecular weight excluding hydrogens is 473 g/mol. The van der Waals surface area contributed by atoms with Crippen molar-refractivity contribution in [3.8, 4) is 0 Å². The van der Waals surface area contributed by atoms with Crippen LogP contribution in [-0.2, 0) is 25.8 Å². The lowest BCUT2D eigenvalue weighted by Crippen LogP contribution is -2.38. The van der Waals surface area contributed by atoms with Crippen molar-refractivity contribution in [2.24, 2.45) is 4.99 Å². The van der Waals surface area contributed by atoms with E-state index >= 15 is 0 Å². The quantitative estimate of drug-likeness (QED) is 0.302. The van der Waals surface area contributed by atoms with E-state index < -0.39 is 0 Å². The van der Waals surface area contributed by atoms with E-state index in [0.717, 1.165) is 61.0 Å². The molecule has 0 amide bonds. The molecule has 0 unspecified atom stereocenters. The molecule has 2 rings (SSSR count). The molecule has 27 heavy (non-hydrogen) atoms. The molecule has 6 nitrogen and oxygen atoms in total. The number of guanidine groups is 1. The van der Waals surface area contributed by atoms with Gasteiger partial charge < -0.3 is 15.2 Å². The summed E-state index contributed by atoms with van der Waals surface area (Å²) in [4.78, 5) is 9.40. The van der Waals surface area contributed by atoms with Crippen molar-refractivity contribution in [1.82, 2.24) is 20.8 Å². The molecule has 8 heteroatoms. The molecule has 2 aromatic rings. The van der Waals surface area contributed by atoms with Crippen LogP contribution in [0.25, 0.3) is 0 Å². The Labute approximate surface area is 183 Å². The number of rotatable bonds is 9. The molecule has 2 N–H and O–H groups in total. The molecule has 2 heterocycles. The minimum Gasteiger partial charge on any atom is -0.361 e. The second-order valence-corrected chi connectivity index (χ2v) is 7.33. The summed E-state index contributed by atoms with van der Waals surface area (Å²) in [6.45, 7) is 12.8. The molecule has 0 aliphatic heterocycles. The standard InChI is InChI=1S/C19H31N5OS.HI/c1-6-16-15(17(7-2)25-24-16)11-22-19(20-8-3)21-10-9-14-12-26-18(23-14)13(4)5;/h12-13H,6-11H2,1-5H3,(H2,20,21,22);1H. The molecule has 0 aliphatic rings. The third-order valence-corrected chi connectivity index (χ3v) is 5.28. The van der Waals surface area contributed by atoms with Gasteiger partial charge in [0.2, 0.25) is 0 Å². The van der Waals surface area contributed by atoms with Crippen LogP contribution in [0.15, 0.2) is 14.9 Å². The van der Waals surface area contributed by atoms with E-state index in [4.69, 9.17) is 9.52 Å². The normalized spacial score (nSPS) is 11.6. The van der Waals surface area contributed by atoms with Crippen LogP contribution in [0, 0.1) is 0 Å². The third kappa shape index (κ3) is 7.06. The number of nitrogens with zero attached hydrogens (tertiary/aromatic N) is 3. The lowest BCUT2D eigenvalue weighted by molar-refractivity contribution is 0.380. The Bertz CT molecular complexity index is 689. The van der Waals surface area contributed by atoms with Gasteiger partial charge in [0, 0.05) is 42.8 Å². The van der Waals surface area contributed by atoms with Crippen LogP contribution in [0.1, 0.15) is 68.3 Å². The highest BCUT2D eigenvalue weighted by atomic mass is 127. The Kier molecular flexibility index (Phi) is 10.9. The Morgan fingerprint density at radius 3 is 2.59 bits per heavy atom. The fourth-order valence-corrected chi connectivity index (χ4v) is 3.50. The number of hydrogen-bond donors (Lipinski definition) is 2. The molecule has 2 aromatic heterocycles. The Morgan fingerprint density at radius 2 is 2.00 bits per heavy atom. The average Bonchev–Trinajstić information content (AvgIpc) is 3.26. The van der Waals surface area contributed by atoms with Gasteiger partial charge in [-0.1, -0.05) is 32.9 Å². The first-order chi connectivity index (χ1) is 12.6. The zero-order valence-electron chi connectivity index (χ0n) is 17.0. The second-order valence-electron chi connectivity index (χ2n) is 6.44.